The van der Waals surface area contributed by atoms with Crippen LogP contribution in [0.3, 0.4) is 0 Å². The number of fused-ring (bicyclic) bond motifs is 1. The number of imidazole rings is 1. The van der Waals surface area contributed by atoms with Gasteiger partial charge in [-0.1, -0.05) is 18.2 Å². The maximum Gasteiger partial charge on any atom is 0.415 e. The first-order chi connectivity index (χ1) is 17.0. The first-order valence-electron chi connectivity index (χ1n) is 11.6. The van der Waals surface area contributed by atoms with Gasteiger partial charge in [0, 0.05) is 23.9 Å². The Labute approximate surface area is 201 Å². The lowest BCUT2D eigenvalue weighted by Gasteiger charge is -2.34. The molecule has 1 spiro atoms. The number of anilines is 1. The molecule has 2 fully saturated rings. The summed E-state index contributed by atoms with van der Waals surface area (Å²) in [4.78, 5) is 30.7. The molecule has 1 N–H and O–H groups in total. The van der Waals surface area contributed by atoms with Crippen LogP contribution in [0.2, 0.25) is 0 Å². The molecule has 8 nitrogen and oxygen atoms in total. The van der Waals surface area contributed by atoms with Gasteiger partial charge >= 0.3 is 12.1 Å². The average Bonchev–Trinajstić information content (AvgIpc) is 3.45. The van der Waals surface area contributed by atoms with Crippen LogP contribution in [0.4, 0.5) is 14.9 Å². The number of hydrogen-bond acceptors (Lipinski definition) is 6. The summed E-state index contributed by atoms with van der Waals surface area (Å²) in [6, 6.07) is 12.7. The summed E-state index contributed by atoms with van der Waals surface area (Å²) in [7, 11) is 1.54. The lowest BCUT2D eigenvalue weighted by Crippen LogP contribution is -2.38. The maximum absolute atomic E-state index is 14.3. The number of rotatable bonds is 4. The Morgan fingerprint density at radius 1 is 1.11 bits per heavy atom. The summed E-state index contributed by atoms with van der Waals surface area (Å²) in [6.45, 7) is 0.368. The van der Waals surface area contributed by atoms with Crippen molar-refractivity contribution in [1.82, 2.24) is 19.9 Å². The first-order valence-corrected chi connectivity index (χ1v) is 11.6. The highest BCUT2D eigenvalue weighted by Crippen LogP contribution is 2.44. The minimum atomic E-state index is -0.580. The van der Waals surface area contributed by atoms with Crippen molar-refractivity contribution in [2.75, 3.05) is 18.6 Å². The van der Waals surface area contributed by atoms with Crippen LogP contribution in [-0.2, 0) is 4.74 Å². The monoisotopic (exact) mass is 473 g/mol. The number of nitrogens with zero attached hydrogens (tertiary/aromatic N) is 4. The second-order valence-corrected chi connectivity index (χ2v) is 9.18. The number of ether oxygens (including phenoxy) is 2. The van der Waals surface area contributed by atoms with E-state index in [0.717, 1.165) is 40.8 Å². The Morgan fingerprint density at radius 2 is 1.89 bits per heavy atom. The van der Waals surface area contributed by atoms with Crippen LogP contribution in [0.1, 0.15) is 37.4 Å². The number of carbonyl (C=O) groups is 1. The van der Waals surface area contributed by atoms with Crippen LogP contribution in [0.15, 0.2) is 54.9 Å². The number of nitrogens with one attached hydrogen (secondary N) is 1. The van der Waals surface area contributed by atoms with Crippen molar-refractivity contribution in [2.45, 2.75) is 37.2 Å². The van der Waals surface area contributed by atoms with Crippen molar-refractivity contribution >= 4 is 22.8 Å². The molecule has 2 aromatic heterocycles. The van der Waals surface area contributed by atoms with Crippen molar-refractivity contribution < 1.29 is 18.7 Å². The molecule has 2 aliphatic rings. The molecule has 0 unspecified atom stereocenters. The van der Waals surface area contributed by atoms with Crippen molar-refractivity contribution in [1.29, 1.82) is 0 Å². The van der Waals surface area contributed by atoms with Crippen LogP contribution < -0.4 is 9.64 Å². The van der Waals surface area contributed by atoms with E-state index in [1.54, 1.807) is 30.6 Å². The van der Waals surface area contributed by atoms with E-state index in [9.17, 15) is 9.18 Å². The Bertz CT molecular complexity index is 1400. The van der Waals surface area contributed by atoms with Gasteiger partial charge in [-0.2, -0.15) is 0 Å². The number of halogens is 1. The number of aromatic amines is 1. The zero-order valence-electron chi connectivity index (χ0n) is 19.2. The van der Waals surface area contributed by atoms with E-state index in [4.69, 9.17) is 14.5 Å². The molecular formula is C26H24FN5O3. The number of carbonyl (C=O) groups excluding carboxylic acids is 1. The van der Waals surface area contributed by atoms with Gasteiger partial charge in [0.15, 0.2) is 0 Å². The third-order valence-corrected chi connectivity index (χ3v) is 7.04. The summed E-state index contributed by atoms with van der Waals surface area (Å²) in [5.41, 5.74) is 3.41. The molecular weight excluding hydrogens is 449 g/mol. The zero-order valence-corrected chi connectivity index (χ0v) is 19.2. The van der Waals surface area contributed by atoms with Crippen molar-refractivity contribution in [3.63, 3.8) is 0 Å². The fourth-order valence-electron chi connectivity index (χ4n) is 5.13. The number of benzene rings is 2. The van der Waals surface area contributed by atoms with Gasteiger partial charge in [0.05, 0.1) is 30.4 Å². The quantitative estimate of drug-likeness (QED) is 0.437. The number of amides is 1. The highest BCUT2D eigenvalue weighted by Gasteiger charge is 2.48. The van der Waals surface area contributed by atoms with Gasteiger partial charge in [0.25, 0.3) is 0 Å². The third kappa shape index (κ3) is 3.86. The third-order valence-electron chi connectivity index (χ3n) is 7.04. The van der Waals surface area contributed by atoms with E-state index < -0.39 is 17.5 Å². The fourth-order valence-corrected chi connectivity index (χ4v) is 5.13. The van der Waals surface area contributed by atoms with Crippen LogP contribution >= 0.6 is 0 Å². The standard InChI is InChI=1S/C26H24FN5O3/c1-34-24-28-13-18(14-29-24)17-6-7-20-21(12-17)31-23(30-20)16-8-10-26(11-9-16)15-32(25(33)35-26)22-5-3-2-4-19(22)27/h2-7,12-14,16H,8-11,15H2,1H3,(H,30,31)/t16-,26-. The summed E-state index contributed by atoms with van der Waals surface area (Å²) >= 11 is 0. The van der Waals surface area contributed by atoms with Gasteiger partial charge in [-0.15, -0.1) is 0 Å². The zero-order chi connectivity index (χ0) is 24.0. The molecule has 1 saturated carbocycles. The second kappa shape index (κ2) is 8.33. The molecule has 0 bridgehead atoms. The molecule has 1 aliphatic carbocycles. The Morgan fingerprint density at radius 3 is 2.63 bits per heavy atom. The molecule has 4 aromatic rings. The second-order valence-electron chi connectivity index (χ2n) is 9.18. The van der Waals surface area contributed by atoms with E-state index in [0.29, 0.717) is 25.4 Å². The van der Waals surface area contributed by atoms with E-state index in [1.807, 2.05) is 18.2 Å². The van der Waals surface area contributed by atoms with Gasteiger partial charge in [0.2, 0.25) is 0 Å². The Kier molecular flexibility index (Phi) is 5.12. The molecule has 2 aromatic carbocycles. The molecule has 35 heavy (non-hydrogen) atoms. The fraction of sp³-hybridized carbons (Fsp3) is 0.308. The number of aromatic nitrogens is 4. The molecule has 3 heterocycles. The van der Waals surface area contributed by atoms with Gasteiger partial charge in [-0.3, -0.25) is 4.90 Å². The smallest absolute Gasteiger partial charge is 0.415 e. The van der Waals surface area contributed by atoms with Crippen LogP contribution in [0.25, 0.3) is 22.2 Å². The van der Waals surface area contributed by atoms with Crippen molar-refractivity contribution in [2.24, 2.45) is 0 Å². The highest BCUT2D eigenvalue weighted by molar-refractivity contribution is 5.90. The number of H-pyrrole nitrogens is 1. The summed E-state index contributed by atoms with van der Waals surface area (Å²) in [6.07, 6.45) is 6.06. The van der Waals surface area contributed by atoms with Crippen LogP contribution in [-0.4, -0.2) is 45.3 Å². The minimum Gasteiger partial charge on any atom is -0.467 e. The molecule has 0 atom stereocenters. The molecule has 6 rings (SSSR count). The number of para-hydroxylation sites is 1. The van der Waals surface area contributed by atoms with E-state index in [1.165, 1.54) is 18.1 Å². The Balaban J connectivity index is 1.17. The maximum atomic E-state index is 14.3. The molecule has 178 valence electrons. The number of hydrogen-bond donors (Lipinski definition) is 1. The van der Waals surface area contributed by atoms with E-state index in [2.05, 4.69) is 15.0 Å². The van der Waals surface area contributed by atoms with Crippen LogP contribution in [0.5, 0.6) is 6.01 Å². The summed E-state index contributed by atoms with van der Waals surface area (Å²) < 4.78 is 25.1. The lowest BCUT2D eigenvalue weighted by molar-refractivity contribution is 0.0208. The van der Waals surface area contributed by atoms with E-state index in [-0.39, 0.29) is 11.6 Å². The average molecular weight is 474 g/mol. The molecule has 0 radical (unpaired) electrons. The van der Waals surface area contributed by atoms with Crippen LogP contribution in [0, 0.1) is 5.82 Å². The van der Waals surface area contributed by atoms with Gasteiger partial charge in [-0.05, 0) is 55.5 Å². The largest absolute Gasteiger partial charge is 0.467 e. The van der Waals surface area contributed by atoms with Gasteiger partial charge < -0.3 is 14.5 Å². The Hall–Kier alpha value is -4.01. The molecule has 9 heteroatoms. The number of methoxy groups -OCH3 is 1. The topological polar surface area (TPSA) is 93.2 Å². The highest BCUT2D eigenvalue weighted by atomic mass is 19.1. The predicted molar refractivity (Wildman–Crippen MR) is 128 cm³/mol. The molecule has 1 amide bonds. The first kappa shape index (κ1) is 21.5. The van der Waals surface area contributed by atoms with Gasteiger partial charge in [0.1, 0.15) is 17.2 Å². The summed E-state index contributed by atoms with van der Waals surface area (Å²) in [5, 5.41) is 0. The summed E-state index contributed by atoms with van der Waals surface area (Å²) in [5.74, 6) is 0.758. The normalized spacial score (nSPS) is 22.1. The van der Waals surface area contributed by atoms with Crippen molar-refractivity contribution in [3.8, 4) is 17.1 Å². The predicted octanol–water partition coefficient (Wildman–Crippen LogP) is 5.22. The molecule has 1 saturated heterocycles. The van der Waals surface area contributed by atoms with E-state index >= 15 is 0 Å². The molecule has 1 aliphatic heterocycles. The lowest BCUT2D eigenvalue weighted by atomic mass is 9.78. The SMILES string of the molecule is COc1ncc(-c2ccc3[nH]c([C@H]4CC[C@]5(CC4)CN(c4ccccc4F)C(=O)O5)nc3c2)cn1. The van der Waals surface area contributed by atoms with Gasteiger partial charge in [-0.25, -0.2) is 24.1 Å². The minimum absolute atomic E-state index is 0.238. The van der Waals surface area contributed by atoms with Crippen molar-refractivity contribution in [3.05, 3.63) is 66.5 Å².